The third kappa shape index (κ3) is 4.64. The number of nitrogens with zero attached hydrogens (tertiary/aromatic N) is 1. The molecule has 0 saturated carbocycles. The van der Waals surface area contributed by atoms with Gasteiger partial charge in [-0.1, -0.05) is 23.8 Å². The molecule has 3 rings (SSSR count). The van der Waals surface area contributed by atoms with Crippen LogP contribution in [-0.2, 0) is 0 Å². The maximum Gasteiger partial charge on any atom is 0.339 e. The molecular formula is C21H19N3O4. The molecule has 1 aromatic heterocycles. The standard InChI is InChI=1S/C21H19N3O4/c1-13-3-6-16(7-4-13)23-21(27)24-22-12-17-8-10-19(28-17)18-9-5-15(20(25)26)11-14(18)2/h3-12H,1-2H3,(H,25,26)(H2,23,24,27)/b22-12+. The molecule has 0 aliphatic carbocycles. The molecule has 1 heterocycles. The van der Waals surface area contributed by atoms with Crippen LogP contribution >= 0.6 is 0 Å². The van der Waals surface area contributed by atoms with Crippen molar-refractivity contribution in [3.63, 3.8) is 0 Å². The number of aromatic carboxylic acids is 1. The van der Waals surface area contributed by atoms with E-state index in [-0.39, 0.29) is 5.56 Å². The van der Waals surface area contributed by atoms with Crippen LogP contribution in [0.5, 0.6) is 0 Å². The minimum atomic E-state index is -0.975. The van der Waals surface area contributed by atoms with Gasteiger partial charge in [0.05, 0.1) is 11.8 Å². The van der Waals surface area contributed by atoms with E-state index in [0.717, 1.165) is 16.7 Å². The fourth-order valence-corrected chi connectivity index (χ4v) is 2.59. The summed E-state index contributed by atoms with van der Waals surface area (Å²) in [6.45, 7) is 3.78. The molecule has 7 heteroatoms. The Kier molecular flexibility index (Phi) is 5.55. The molecule has 7 nitrogen and oxygen atoms in total. The highest BCUT2D eigenvalue weighted by atomic mass is 16.4. The number of amides is 2. The zero-order valence-corrected chi connectivity index (χ0v) is 15.4. The number of carboxylic acids is 1. The van der Waals surface area contributed by atoms with Crippen LogP contribution in [0.3, 0.4) is 0 Å². The first kappa shape index (κ1) is 18.9. The number of carboxylic acid groups (broad SMARTS) is 1. The van der Waals surface area contributed by atoms with Crippen LogP contribution in [0.1, 0.15) is 27.2 Å². The number of nitrogens with one attached hydrogen (secondary N) is 2. The van der Waals surface area contributed by atoms with Gasteiger partial charge in [-0.2, -0.15) is 5.10 Å². The number of benzene rings is 2. The largest absolute Gasteiger partial charge is 0.478 e. The minimum Gasteiger partial charge on any atom is -0.478 e. The molecule has 0 saturated heterocycles. The number of furan rings is 1. The minimum absolute atomic E-state index is 0.221. The second-order valence-corrected chi connectivity index (χ2v) is 6.23. The molecule has 0 spiro atoms. The van der Waals surface area contributed by atoms with Crippen molar-refractivity contribution in [2.24, 2.45) is 5.10 Å². The maximum absolute atomic E-state index is 11.8. The average molecular weight is 377 g/mol. The van der Waals surface area contributed by atoms with Crippen LogP contribution in [0, 0.1) is 13.8 Å². The lowest BCUT2D eigenvalue weighted by molar-refractivity contribution is 0.0696. The topological polar surface area (TPSA) is 104 Å². The Morgan fingerprint density at radius 3 is 2.46 bits per heavy atom. The second kappa shape index (κ2) is 8.22. The number of carbonyl (C=O) groups excluding carboxylic acids is 1. The first-order valence-electron chi connectivity index (χ1n) is 8.53. The lowest BCUT2D eigenvalue weighted by Crippen LogP contribution is -2.24. The van der Waals surface area contributed by atoms with Crippen LogP contribution in [0.15, 0.2) is 64.1 Å². The maximum atomic E-state index is 11.8. The lowest BCUT2D eigenvalue weighted by atomic mass is 10.0. The third-order valence-electron chi connectivity index (χ3n) is 4.03. The van der Waals surface area contributed by atoms with Gasteiger partial charge in [0.15, 0.2) is 0 Å². The quantitative estimate of drug-likeness (QED) is 0.452. The van der Waals surface area contributed by atoms with Gasteiger partial charge in [0.2, 0.25) is 0 Å². The van der Waals surface area contributed by atoms with Crippen molar-refractivity contribution in [2.75, 3.05) is 5.32 Å². The number of hydrogen-bond acceptors (Lipinski definition) is 4. The summed E-state index contributed by atoms with van der Waals surface area (Å²) in [5.41, 5.74) is 5.93. The van der Waals surface area contributed by atoms with Gasteiger partial charge in [-0.25, -0.2) is 15.0 Å². The smallest absolute Gasteiger partial charge is 0.339 e. The van der Waals surface area contributed by atoms with Crippen molar-refractivity contribution in [2.45, 2.75) is 13.8 Å². The van der Waals surface area contributed by atoms with Gasteiger partial charge in [-0.3, -0.25) is 0 Å². The van der Waals surface area contributed by atoms with Crippen molar-refractivity contribution in [1.29, 1.82) is 0 Å². The van der Waals surface area contributed by atoms with E-state index < -0.39 is 12.0 Å². The fraction of sp³-hybridized carbons (Fsp3) is 0.0952. The number of hydrazone groups is 1. The molecule has 3 aromatic rings. The Bertz CT molecular complexity index is 1040. The van der Waals surface area contributed by atoms with E-state index in [0.29, 0.717) is 17.2 Å². The van der Waals surface area contributed by atoms with Gasteiger partial charge in [0, 0.05) is 11.3 Å². The summed E-state index contributed by atoms with van der Waals surface area (Å²) >= 11 is 0. The Labute approximate surface area is 161 Å². The number of carbonyl (C=O) groups is 2. The summed E-state index contributed by atoms with van der Waals surface area (Å²) in [4.78, 5) is 22.9. The van der Waals surface area contributed by atoms with E-state index >= 15 is 0 Å². The van der Waals surface area contributed by atoms with Crippen molar-refractivity contribution >= 4 is 23.9 Å². The molecule has 0 unspecified atom stereocenters. The van der Waals surface area contributed by atoms with Gasteiger partial charge >= 0.3 is 12.0 Å². The molecule has 0 bridgehead atoms. The summed E-state index contributed by atoms with van der Waals surface area (Å²) in [5.74, 6) is 0.0595. The number of aryl methyl sites for hydroxylation is 2. The first-order valence-corrected chi connectivity index (χ1v) is 8.53. The summed E-state index contributed by atoms with van der Waals surface area (Å²) < 4.78 is 5.70. The van der Waals surface area contributed by atoms with Crippen molar-refractivity contribution in [1.82, 2.24) is 5.43 Å². The van der Waals surface area contributed by atoms with Crippen molar-refractivity contribution in [3.8, 4) is 11.3 Å². The van der Waals surface area contributed by atoms with Crippen LogP contribution in [-0.4, -0.2) is 23.3 Å². The van der Waals surface area contributed by atoms with Crippen LogP contribution in [0.4, 0.5) is 10.5 Å². The fourth-order valence-electron chi connectivity index (χ4n) is 2.59. The molecule has 142 valence electrons. The van der Waals surface area contributed by atoms with E-state index in [2.05, 4.69) is 15.8 Å². The van der Waals surface area contributed by atoms with E-state index in [4.69, 9.17) is 9.52 Å². The highest BCUT2D eigenvalue weighted by molar-refractivity contribution is 5.90. The van der Waals surface area contributed by atoms with Gasteiger partial charge < -0.3 is 14.8 Å². The van der Waals surface area contributed by atoms with E-state index in [1.165, 1.54) is 12.3 Å². The lowest BCUT2D eigenvalue weighted by Gasteiger charge is -2.04. The van der Waals surface area contributed by atoms with Gasteiger partial charge in [0.1, 0.15) is 11.5 Å². The Hall–Kier alpha value is -3.87. The number of hydrogen-bond donors (Lipinski definition) is 3. The van der Waals surface area contributed by atoms with Crippen LogP contribution < -0.4 is 10.7 Å². The number of rotatable bonds is 5. The zero-order chi connectivity index (χ0) is 20.1. The van der Waals surface area contributed by atoms with Crippen LogP contribution in [0.25, 0.3) is 11.3 Å². The number of urea groups is 1. The normalized spacial score (nSPS) is 10.8. The molecular weight excluding hydrogens is 358 g/mol. The molecule has 2 amide bonds. The van der Waals surface area contributed by atoms with Crippen molar-refractivity contribution in [3.05, 3.63) is 77.0 Å². The number of anilines is 1. The Balaban J connectivity index is 1.62. The monoisotopic (exact) mass is 377 g/mol. The molecule has 2 aromatic carbocycles. The van der Waals surface area contributed by atoms with Gasteiger partial charge in [0.25, 0.3) is 0 Å². The highest BCUT2D eigenvalue weighted by Gasteiger charge is 2.10. The Morgan fingerprint density at radius 1 is 1.04 bits per heavy atom. The molecule has 3 N–H and O–H groups in total. The first-order chi connectivity index (χ1) is 13.4. The highest BCUT2D eigenvalue weighted by Crippen LogP contribution is 2.26. The third-order valence-corrected chi connectivity index (χ3v) is 4.03. The zero-order valence-electron chi connectivity index (χ0n) is 15.4. The van der Waals surface area contributed by atoms with Crippen molar-refractivity contribution < 1.29 is 19.1 Å². The van der Waals surface area contributed by atoms with E-state index in [1.807, 2.05) is 26.0 Å². The predicted molar refractivity (Wildman–Crippen MR) is 107 cm³/mol. The summed E-state index contributed by atoms with van der Waals surface area (Å²) in [6.07, 6.45) is 1.39. The molecule has 0 atom stereocenters. The Morgan fingerprint density at radius 2 is 1.79 bits per heavy atom. The summed E-state index contributed by atoms with van der Waals surface area (Å²) in [7, 11) is 0. The molecule has 0 radical (unpaired) electrons. The van der Waals surface area contributed by atoms with Gasteiger partial charge in [-0.05, 0) is 55.8 Å². The van der Waals surface area contributed by atoms with E-state index in [1.54, 1.807) is 36.4 Å². The SMILES string of the molecule is Cc1ccc(NC(=O)N/N=C/c2ccc(-c3ccc(C(=O)O)cc3C)o2)cc1. The average Bonchev–Trinajstić information content (AvgIpc) is 3.12. The van der Waals surface area contributed by atoms with Gasteiger partial charge in [-0.15, -0.1) is 0 Å². The second-order valence-electron chi connectivity index (χ2n) is 6.23. The predicted octanol–water partition coefficient (Wildman–Crippen LogP) is 4.42. The van der Waals surface area contributed by atoms with Crippen LogP contribution in [0.2, 0.25) is 0 Å². The molecule has 0 fully saturated rings. The molecule has 0 aliphatic heterocycles. The molecule has 0 aliphatic rings. The summed E-state index contributed by atoms with van der Waals surface area (Å²) in [6, 6.07) is 15.2. The molecule has 28 heavy (non-hydrogen) atoms. The van der Waals surface area contributed by atoms with E-state index in [9.17, 15) is 9.59 Å². The summed E-state index contributed by atoms with van der Waals surface area (Å²) in [5, 5.41) is 15.6.